The molecule has 42 heavy (non-hydrogen) atoms. The van der Waals surface area contributed by atoms with Crippen LogP contribution in [-0.4, -0.2) is 28.6 Å². The van der Waals surface area contributed by atoms with E-state index >= 15 is 0 Å². The fourth-order valence-corrected chi connectivity index (χ4v) is 5.90. The summed E-state index contributed by atoms with van der Waals surface area (Å²) in [5.74, 6) is -0.780. The van der Waals surface area contributed by atoms with Gasteiger partial charge in [0.1, 0.15) is 0 Å². The van der Waals surface area contributed by atoms with Gasteiger partial charge in [-0.25, -0.2) is 16.8 Å². The molecule has 0 atom stereocenters. The summed E-state index contributed by atoms with van der Waals surface area (Å²) in [5.41, 5.74) is 3.46. The van der Waals surface area contributed by atoms with E-state index < -0.39 is 20.0 Å². The first-order chi connectivity index (χ1) is 19.9. The second-order valence-corrected chi connectivity index (χ2v) is 13.0. The Balaban J connectivity index is 1.23. The van der Waals surface area contributed by atoms with E-state index in [1.165, 1.54) is 48.5 Å². The largest absolute Gasteiger partial charge is 0.326 e. The van der Waals surface area contributed by atoms with Crippen LogP contribution >= 0.6 is 0 Å². The molecule has 4 aromatic carbocycles. The zero-order valence-electron chi connectivity index (χ0n) is 22.9. The van der Waals surface area contributed by atoms with Crippen molar-refractivity contribution in [3.05, 3.63) is 108 Å². The summed E-state index contributed by atoms with van der Waals surface area (Å²) < 4.78 is 55.2. The third-order valence-electron chi connectivity index (χ3n) is 6.08. The van der Waals surface area contributed by atoms with Gasteiger partial charge in [-0.3, -0.25) is 19.0 Å². The number of sulfonamides is 2. The average molecular weight is 607 g/mol. The maximum atomic E-state index is 12.5. The molecule has 4 rings (SSSR count). The highest BCUT2D eigenvalue weighted by molar-refractivity contribution is 7.93. The van der Waals surface area contributed by atoms with Gasteiger partial charge in [0.15, 0.2) is 0 Å². The summed E-state index contributed by atoms with van der Waals surface area (Å²) in [6.07, 6.45) is -0.163. The topological polar surface area (TPSA) is 151 Å². The average Bonchev–Trinajstić information content (AvgIpc) is 2.94. The van der Waals surface area contributed by atoms with Gasteiger partial charge in [0, 0.05) is 35.6 Å². The van der Waals surface area contributed by atoms with Crippen LogP contribution in [0, 0.1) is 13.8 Å². The van der Waals surface area contributed by atoms with Gasteiger partial charge in [-0.05, 0) is 86.6 Å². The highest BCUT2D eigenvalue weighted by atomic mass is 32.2. The molecule has 0 unspecified atom stereocenters. The molecule has 4 N–H and O–H groups in total. The van der Waals surface area contributed by atoms with Crippen LogP contribution < -0.4 is 20.1 Å². The third kappa shape index (κ3) is 8.41. The van der Waals surface area contributed by atoms with Gasteiger partial charge < -0.3 is 10.6 Å². The second-order valence-electron chi connectivity index (χ2n) is 9.59. The van der Waals surface area contributed by atoms with Crippen molar-refractivity contribution in [3.8, 4) is 0 Å². The Hall–Kier alpha value is -4.68. The number of amides is 2. The normalized spacial score (nSPS) is 11.4. The molecule has 0 aliphatic heterocycles. The monoisotopic (exact) mass is 606 g/mol. The number of hydrogen-bond acceptors (Lipinski definition) is 6. The first kappa shape index (κ1) is 30.3. The molecule has 0 fully saturated rings. The third-order valence-corrected chi connectivity index (χ3v) is 8.88. The molecule has 4 aromatic rings. The molecule has 0 spiro atoms. The van der Waals surface area contributed by atoms with Gasteiger partial charge in [0.2, 0.25) is 11.8 Å². The Morgan fingerprint density at radius 2 is 0.762 bits per heavy atom. The Morgan fingerprint density at radius 3 is 1.07 bits per heavy atom. The molecule has 0 bridgehead atoms. The zero-order chi connectivity index (χ0) is 30.3. The van der Waals surface area contributed by atoms with Gasteiger partial charge in [0.05, 0.1) is 9.79 Å². The summed E-state index contributed by atoms with van der Waals surface area (Å²) in [6, 6.07) is 25.3. The Labute approximate surface area is 245 Å². The van der Waals surface area contributed by atoms with Crippen LogP contribution in [0.4, 0.5) is 22.7 Å². The zero-order valence-corrected chi connectivity index (χ0v) is 24.6. The minimum atomic E-state index is -3.75. The van der Waals surface area contributed by atoms with Crippen LogP contribution in [0.3, 0.4) is 0 Å². The maximum Gasteiger partial charge on any atom is 0.261 e. The molecule has 12 heteroatoms. The van der Waals surface area contributed by atoms with Crippen molar-refractivity contribution >= 4 is 54.6 Å². The van der Waals surface area contributed by atoms with Gasteiger partial charge >= 0.3 is 0 Å². The fourth-order valence-electron chi connectivity index (χ4n) is 3.78. The Bertz CT molecular complexity index is 1640. The predicted molar refractivity (Wildman–Crippen MR) is 163 cm³/mol. The van der Waals surface area contributed by atoms with Crippen molar-refractivity contribution in [1.29, 1.82) is 0 Å². The van der Waals surface area contributed by atoms with Crippen LogP contribution in [0.25, 0.3) is 0 Å². The number of benzene rings is 4. The molecule has 10 nitrogen and oxygen atoms in total. The molecule has 0 saturated carbocycles. The van der Waals surface area contributed by atoms with E-state index in [1.807, 2.05) is 13.8 Å². The van der Waals surface area contributed by atoms with E-state index in [4.69, 9.17) is 0 Å². The molecule has 0 aromatic heterocycles. The molecule has 0 aliphatic rings. The van der Waals surface area contributed by atoms with E-state index in [0.29, 0.717) is 22.7 Å². The van der Waals surface area contributed by atoms with Crippen LogP contribution in [0.1, 0.15) is 24.0 Å². The minimum Gasteiger partial charge on any atom is -0.326 e. The lowest BCUT2D eigenvalue weighted by Crippen LogP contribution is -2.17. The number of rotatable bonds is 11. The summed E-state index contributed by atoms with van der Waals surface area (Å²) in [6.45, 7) is 3.73. The van der Waals surface area contributed by atoms with Gasteiger partial charge in [-0.15, -0.1) is 0 Å². The van der Waals surface area contributed by atoms with E-state index in [2.05, 4.69) is 20.1 Å². The van der Waals surface area contributed by atoms with Crippen LogP contribution in [-0.2, 0) is 29.6 Å². The minimum absolute atomic E-state index is 0.0813. The van der Waals surface area contributed by atoms with Crippen molar-refractivity contribution in [2.45, 2.75) is 36.5 Å². The quantitative estimate of drug-likeness (QED) is 0.183. The molecule has 0 saturated heterocycles. The fraction of sp³-hybridized carbons (Fsp3) is 0.133. The smallest absolute Gasteiger partial charge is 0.261 e. The van der Waals surface area contributed by atoms with Crippen molar-refractivity contribution in [2.24, 2.45) is 0 Å². The summed E-state index contributed by atoms with van der Waals surface area (Å²) >= 11 is 0. The van der Waals surface area contributed by atoms with Gasteiger partial charge in [-0.2, -0.15) is 0 Å². The molecule has 218 valence electrons. The SMILES string of the molecule is Cc1ccc(S(=O)(=O)Nc2ccc(NC(=O)CCC(=O)Nc3ccc(NS(=O)(=O)c4ccc(C)cc4)cc3)cc2)cc1. The highest BCUT2D eigenvalue weighted by Crippen LogP contribution is 2.21. The lowest BCUT2D eigenvalue weighted by molar-refractivity contribution is -0.121. The second kappa shape index (κ2) is 12.9. The predicted octanol–water partition coefficient (Wildman–Crippen LogP) is 5.26. The number of nitrogens with one attached hydrogen (secondary N) is 4. The summed E-state index contributed by atoms with van der Waals surface area (Å²) in [5, 5.41) is 5.35. The first-order valence-electron chi connectivity index (χ1n) is 12.9. The number of anilines is 4. The van der Waals surface area contributed by atoms with Gasteiger partial charge in [-0.1, -0.05) is 35.4 Å². The summed E-state index contributed by atoms with van der Waals surface area (Å²) in [7, 11) is -7.49. The standard InChI is InChI=1S/C30H30N4O6S2/c1-21-3-15-27(16-4-21)41(37,38)33-25-11-7-23(8-12-25)31-29(35)19-20-30(36)32-24-9-13-26(14-10-24)34-42(39,40)28-17-5-22(2)6-18-28/h3-18,33-34H,19-20H2,1-2H3,(H,31,35)(H,32,36). The van der Waals surface area contributed by atoms with Crippen LogP contribution in [0.2, 0.25) is 0 Å². The lowest BCUT2D eigenvalue weighted by atomic mass is 10.2. The van der Waals surface area contributed by atoms with Crippen molar-refractivity contribution in [3.63, 3.8) is 0 Å². The Kier molecular flexibility index (Phi) is 9.28. The Morgan fingerprint density at radius 1 is 0.476 bits per heavy atom. The lowest BCUT2D eigenvalue weighted by Gasteiger charge is -2.11. The van der Waals surface area contributed by atoms with Crippen LogP contribution in [0.5, 0.6) is 0 Å². The van der Waals surface area contributed by atoms with E-state index in [1.54, 1.807) is 48.5 Å². The molecular formula is C30H30N4O6S2. The highest BCUT2D eigenvalue weighted by Gasteiger charge is 2.15. The number of carbonyl (C=O) groups excluding carboxylic acids is 2. The van der Waals surface area contributed by atoms with E-state index in [-0.39, 0.29) is 34.4 Å². The first-order valence-corrected chi connectivity index (χ1v) is 15.9. The molecule has 2 amide bonds. The van der Waals surface area contributed by atoms with Gasteiger partial charge in [0.25, 0.3) is 20.0 Å². The van der Waals surface area contributed by atoms with Crippen molar-refractivity contribution in [2.75, 3.05) is 20.1 Å². The number of hydrogen-bond donors (Lipinski definition) is 4. The summed E-state index contributed by atoms with van der Waals surface area (Å²) in [4.78, 5) is 25.0. The van der Waals surface area contributed by atoms with Crippen molar-refractivity contribution < 1.29 is 26.4 Å². The number of carbonyl (C=O) groups is 2. The van der Waals surface area contributed by atoms with Crippen molar-refractivity contribution in [1.82, 2.24) is 0 Å². The van der Waals surface area contributed by atoms with E-state index in [9.17, 15) is 26.4 Å². The van der Waals surface area contributed by atoms with Crippen LogP contribution in [0.15, 0.2) is 107 Å². The molecule has 0 radical (unpaired) electrons. The molecule has 0 aliphatic carbocycles. The number of aryl methyl sites for hydroxylation is 2. The molecular weight excluding hydrogens is 576 g/mol. The maximum absolute atomic E-state index is 12.5. The molecule has 0 heterocycles. The van der Waals surface area contributed by atoms with E-state index in [0.717, 1.165) is 11.1 Å².